The Kier molecular flexibility index (Phi) is 3.00. The van der Waals surface area contributed by atoms with Gasteiger partial charge in [0.25, 0.3) is 0 Å². The highest BCUT2D eigenvalue weighted by atomic mass is 16.1. The predicted molar refractivity (Wildman–Crippen MR) is 85.8 cm³/mol. The number of carbonyl (C=O) groups is 1. The van der Waals surface area contributed by atoms with E-state index in [2.05, 4.69) is 25.7 Å². The van der Waals surface area contributed by atoms with E-state index in [0.29, 0.717) is 23.0 Å². The molecule has 0 aromatic carbocycles. The van der Waals surface area contributed by atoms with Crippen molar-refractivity contribution in [3.8, 4) is 0 Å². The predicted octanol–water partition coefficient (Wildman–Crippen LogP) is 4.93. The summed E-state index contributed by atoms with van der Waals surface area (Å²) in [6.07, 6.45) is 16.8. The Morgan fingerprint density at radius 2 is 2.00 bits per heavy atom. The fourth-order valence-corrected chi connectivity index (χ4v) is 6.54. The van der Waals surface area contributed by atoms with E-state index in [-0.39, 0.29) is 5.41 Å². The van der Waals surface area contributed by atoms with E-state index in [1.165, 1.54) is 32.1 Å². The molecule has 0 heterocycles. The smallest absolute Gasteiger partial charge is 0.143 e. The third-order valence-corrected chi connectivity index (χ3v) is 7.77. The van der Waals surface area contributed by atoms with Gasteiger partial charge in [-0.2, -0.15) is 0 Å². The standard InChI is InChI=1S/C20H28O/c1-3-20-13-11-16-15(17(20)9-10-18(20)21)8-7-14-6-4-5-12-19(14,16)2/h3,7-8,14-17H,1,4-6,9-13H2,2H3/t14-,15+,16-,17-,19-,20-/m0/s1. The lowest BCUT2D eigenvalue weighted by molar-refractivity contribution is -0.129. The molecule has 0 saturated heterocycles. The molecule has 0 unspecified atom stereocenters. The molecule has 4 rings (SSSR count). The summed E-state index contributed by atoms with van der Waals surface area (Å²) in [6, 6.07) is 0. The van der Waals surface area contributed by atoms with Crippen LogP contribution in [0.25, 0.3) is 0 Å². The maximum absolute atomic E-state index is 12.5. The van der Waals surface area contributed by atoms with Crippen LogP contribution in [0.3, 0.4) is 0 Å². The molecule has 3 fully saturated rings. The van der Waals surface area contributed by atoms with E-state index >= 15 is 0 Å². The van der Waals surface area contributed by atoms with E-state index in [0.717, 1.165) is 31.1 Å². The lowest BCUT2D eigenvalue weighted by atomic mass is 9.47. The third kappa shape index (κ3) is 1.67. The van der Waals surface area contributed by atoms with Gasteiger partial charge in [0.05, 0.1) is 5.41 Å². The molecule has 1 nitrogen and oxygen atoms in total. The van der Waals surface area contributed by atoms with Gasteiger partial charge in [-0.25, -0.2) is 0 Å². The van der Waals surface area contributed by atoms with Crippen LogP contribution in [-0.2, 0) is 4.79 Å². The first-order valence-electron chi connectivity index (χ1n) is 8.97. The molecule has 0 spiro atoms. The van der Waals surface area contributed by atoms with Gasteiger partial charge in [-0.1, -0.05) is 38.0 Å². The zero-order valence-corrected chi connectivity index (χ0v) is 13.3. The number of hydrogen-bond donors (Lipinski definition) is 0. The Bertz CT molecular complexity index is 504. The number of rotatable bonds is 1. The summed E-state index contributed by atoms with van der Waals surface area (Å²) >= 11 is 0. The summed E-state index contributed by atoms with van der Waals surface area (Å²) in [5.74, 6) is 3.24. The Labute approximate surface area is 128 Å². The van der Waals surface area contributed by atoms with Crippen molar-refractivity contribution in [1.82, 2.24) is 0 Å². The monoisotopic (exact) mass is 284 g/mol. The molecule has 0 radical (unpaired) electrons. The average molecular weight is 284 g/mol. The summed E-state index contributed by atoms with van der Waals surface area (Å²) in [5, 5.41) is 0. The van der Waals surface area contributed by atoms with Crippen LogP contribution in [0.2, 0.25) is 0 Å². The first-order valence-corrected chi connectivity index (χ1v) is 8.97. The van der Waals surface area contributed by atoms with Crippen LogP contribution in [0.5, 0.6) is 0 Å². The molecule has 4 aliphatic rings. The third-order valence-electron chi connectivity index (χ3n) is 7.77. The molecule has 0 amide bonds. The molecule has 0 aliphatic heterocycles. The Morgan fingerprint density at radius 1 is 1.14 bits per heavy atom. The highest BCUT2D eigenvalue weighted by Gasteiger charge is 2.59. The maximum Gasteiger partial charge on any atom is 0.143 e. The van der Waals surface area contributed by atoms with Crippen LogP contribution in [0.1, 0.15) is 58.3 Å². The first kappa shape index (κ1) is 13.8. The van der Waals surface area contributed by atoms with Crippen molar-refractivity contribution in [3.63, 3.8) is 0 Å². The van der Waals surface area contributed by atoms with Gasteiger partial charge in [-0.05, 0) is 61.2 Å². The molecular weight excluding hydrogens is 256 g/mol. The SMILES string of the molecule is C=C[C@]12CC[C@H]3[C@@H](C=C[C@@H]4CCCC[C@@]43C)[C@@H]1CCC2=O. The fourth-order valence-electron chi connectivity index (χ4n) is 6.54. The van der Waals surface area contributed by atoms with Crippen LogP contribution in [-0.4, -0.2) is 5.78 Å². The second-order valence-electron chi connectivity index (χ2n) is 8.28. The van der Waals surface area contributed by atoms with E-state index in [1.54, 1.807) is 0 Å². The average Bonchev–Trinajstić information content (AvgIpc) is 2.84. The Balaban J connectivity index is 1.73. The molecule has 114 valence electrons. The minimum atomic E-state index is -0.177. The zero-order valence-electron chi connectivity index (χ0n) is 13.3. The number of fused-ring (bicyclic) bond motifs is 5. The lowest BCUT2D eigenvalue weighted by Crippen LogP contribution is -2.51. The topological polar surface area (TPSA) is 17.1 Å². The summed E-state index contributed by atoms with van der Waals surface area (Å²) in [7, 11) is 0. The highest BCUT2D eigenvalue weighted by molar-refractivity contribution is 5.89. The molecule has 4 aliphatic carbocycles. The second-order valence-corrected chi connectivity index (χ2v) is 8.28. The highest BCUT2D eigenvalue weighted by Crippen LogP contribution is 2.63. The van der Waals surface area contributed by atoms with Crippen molar-refractivity contribution in [1.29, 1.82) is 0 Å². The summed E-state index contributed by atoms with van der Waals surface area (Å²) in [4.78, 5) is 12.5. The maximum atomic E-state index is 12.5. The van der Waals surface area contributed by atoms with Gasteiger partial charge in [0.2, 0.25) is 0 Å². The van der Waals surface area contributed by atoms with Gasteiger partial charge in [0.15, 0.2) is 0 Å². The first-order chi connectivity index (χ1) is 10.1. The molecule has 0 aromatic heterocycles. The van der Waals surface area contributed by atoms with E-state index in [4.69, 9.17) is 0 Å². The van der Waals surface area contributed by atoms with Gasteiger partial charge in [-0.3, -0.25) is 4.79 Å². The normalized spacial score (nSPS) is 52.0. The lowest BCUT2D eigenvalue weighted by Gasteiger charge is -2.57. The van der Waals surface area contributed by atoms with Gasteiger partial charge in [0, 0.05) is 6.42 Å². The molecule has 6 atom stereocenters. The van der Waals surface area contributed by atoms with Crippen molar-refractivity contribution >= 4 is 5.78 Å². The molecule has 1 heteroatoms. The number of Topliss-reactive ketones (excluding diaryl/α,β-unsaturated/α-hetero) is 1. The number of hydrogen-bond acceptors (Lipinski definition) is 1. The minimum absolute atomic E-state index is 0.177. The van der Waals surface area contributed by atoms with Crippen molar-refractivity contribution in [2.45, 2.75) is 58.3 Å². The quantitative estimate of drug-likeness (QED) is 0.624. The zero-order chi connectivity index (χ0) is 14.7. The van der Waals surface area contributed by atoms with Gasteiger partial charge >= 0.3 is 0 Å². The van der Waals surface area contributed by atoms with Gasteiger partial charge in [-0.15, -0.1) is 6.58 Å². The van der Waals surface area contributed by atoms with Crippen LogP contribution in [0, 0.1) is 34.5 Å². The summed E-state index contributed by atoms with van der Waals surface area (Å²) in [5.41, 5.74) is 0.319. The number of ketones is 1. The largest absolute Gasteiger partial charge is 0.299 e. The molecule has 0 N–H and O–H groups in total. The van der Waals surface area contributed by atoms with Crippen LogP contribution >= 0.6 is 0 Å². The summed E-state index contributed by atoms with van der Waals surface area (Å²) < 4.78 is 0. The van der Waals surface area contributed by atoms with E-state index in [1.807, 2.05) is 6.08 Å². The van der Waals surface area contributed by atoms with Crippen molar-refractivity contribution < 1.29 is 4.79 Å². The number of carbonyl (C=O) groups excluding carboxylic acids is 1. The second kappa shape index (κ2) is 4.57. The van der Waals surface area contributed by atoms with Crippen LogP contribution < -0.4 is 0 Å². The van der Waals surface area contributed by atoms with E-state index in [9.17, 15) is 4.79 Å². The fraction of sp³-hybridized carbons (Fsp3) is 0.750. The van der Waals surface area contributed by atoms with Crippen LogP contribution in [0.15, 0.2) is 24.8 Å². The van der Waals surface area contributed by atoms with Crippen molar-refractivity contribution in [2.75, 3.05) is 0 Å². The molecular formula is C20H28O. The van der Waals surface area contributed by atoms with Gasteiger partial charge < -0.3 is 0 Å². The summed E-state index contributed by atoms with van der Waals surface area (Å²) in [6.45, 7) is 6.61. The van der Waals surface area contributed by atoms with Crippen molar-refractivity contribution in [3.05, 3.63) is 24.8 Å². The van der Waals surface area contributed by atoms with Crippen molar-refractivity contribution in [2.24, 2.45) is 34.5 Å². The minimum Gasteiger partial charge on any atom is -0.299 e. The molecule has 21 heavy (non-hydrogen) atoms. The van der Waals surface area contributed by atoms with E-state index < -0.39 is 0 Å². The number of allylic oxidation sites excluding steroid dienone is 3. The Hall–Kier alpha value is -0.850. The van der Waals surface area contributed by atoms with Gasteiger partial charge in [0.1, 0.15) is 5.78 Å². The molecule has 0 bridgehead atoms. The molecule has 0 aromatic rings. The molecule has 3 saturated carbocycles. The van der Waals surface area contributed by atoms with Crippen LogP contribution in [0.4, 0.5) is 0 Å². The Morgan fingerprint density at radius 3 is 2.81 bits per heavy atom.